The van der Waals surface area contributed by atoms with Crippen molar-refractivity contribution in [3.05, 3.63) is 106 Å². The highest BCUT2D eigenvalue weighted by atomic mass is 32.2. The second-order valence-electron chi connectivity index (χ2n) is 9.79. The largest absolute Gasteiger partial charge is 0.476 e. The van der Waals surface area contributed by atoms with Crippen molar-refractivity contribution < 1.29 is 27.1 Å². The standard InChI is InChI=1S/C29H22F2N4O4S2/c30-21-6-2-4-18(12-21)17-3-1-5-20(11-17)27-23(13-19-9-10-22(14-24(19)31)41(32,38)39)26(16-7-8-16)34-35(27)29-33-25(15-40-29)28(36)37/h1-6,9-12,14-16H,7-8,13H2,(H,36,37)(H2,32,38,39). The van der Waals surface area contributed by atoms with E-state index in [9.17, 15) is 22.7 Å². The molecule has 208 valence electrons. The lowest BCUT2D eigenvalue weighted by molar-refractivity contribution is 0.0691. The van der Waals surface area contributed by atoms with E-state index in [0.29, 0.717) is 27.5 Å². The number of halogens is 2. The summed E-state index contributed by atoms with van der Waals surface area (Å²) < 4.78 is 54.3. The lowest BCUT2D eigenvalue weighted by Gasteiger charge is -2.12. The Balaban J connectivity index is 1.55. The van der Waals surface area contributed by atoms with Crippen molar-refractivity contribution in [1.29, 1.82) is 0 Å². The topological polar surface area (TPSA) is 128 Å². The van der Waals surface area contributed by atoms with Crippen LogP contribution in [0.15, 0.2) is 77.0 Å². The molecule has 2 aromatic heterocycles. The minimum Gasteiger partial charge on any atom is -0.476 e. The van der Waals surface area contributed by atoms with Crippen molar-refractivity contribution in [2.45, 2.75) is 30.1 Å². The first-order valence-electron chi connectivity index (χ1n) is 12.6. The number of aromatic nitrogens is 3. The number of carbonyl (C=O) groups is 1. The third-order valence-corrected chi connectivity index (χ3v) is 8.61. The number of nitrogens with two attached hydrogens (primary N) is 1. The maximum absolute atomic E-state index is 15.2. The van der Waals surface area contributed by atoms with Gasteiger partial charge in [-0.25, -0.2) is 36.8 Å². The fourth-order valence-corrected chi connectivity index (χ4v) is 6.05. The monoisotopic (exact) mass is 592 g/mol. The molecule has 1 fully saturated rings. The van der Waals surface area contributed by atoms with Gasteiger partial charge in [0.15, 0.2) is 5.69 Å². The summed E-state index contributed by atoms with van der Waals surface area (Å²) in [6, 6.07) is 17.1. The third kappa shape index (κ3) is 5.41. The molecular formula is C29H22F2N4O4S2. The lowest BCUT2D eigenvalue weighted by atomic mass is 9.95. The van der Waals surface area contributed by atoms with Gasteiger partial charge in [0.1, 0.15) is 11.6 Å². The number of carboxylic acid groups (broad SMARTS) is 1. The van der Waals surface area contributed by atoms with Gasteiger partial charge in [-0.15, -0.1) is 11.3 Å². The molecular weight excluding hydrogens is 570 g/mol. The van der Waals surface area contributed by atoms with Gasteiger partial charge < -0.3 is 5.11 Å². The maximum atomic E-state index is 15.2. The van der Waals surface area contributed by atoms with Crippen LogP contribution in [-0.2, 0) is 16.4 Å². The van der Waals surface area contributed by atoms with Gasteiger partial charge in [-0.3, -0.25) is 0 Å². The van der Waals surface area contributed by atoms with Crippen molar-refractivity contribution in [3.8, 4) is 27.5 Å². The van der Waals surface area contributed by atoms with Crippen LogP contribution in [0.5, 0.6) is 0 Å². The molecule has 8 nitrogen and oxygen atoms in total. The van der Waals surface area contributed by atoms with Crippen molar-refractivity contribution >= 4 is 27.3 Å². The molecule has 0 saturated heterocycles. The van der Waals surface area contributed by atoms with Gasteiger partial charge in [-0.2, -0.15) is 5.10 Å². The molecule has 6 rings (SSSR count). The molecule has 41 heavy (non-hydrogen) atoms. The Bertz CT molecular complexity index is 1930. The Hall–Kier alpha value is -4.26. The highest BCUT2D eigenvalue weighted by Gasteiger charge is 2.33. The van der Waals surface area contributed by atoms with Crippen LogP contribution in [-0.4, -0.2) is 34.3 Å². The summed E-state index contributed by atoms with van der Waals surface area (Å²) >= 11 is 1.11. The fraction of sp³-hybridized carbons (Fsp3) is 0.138. The Labute approximate surface area is 237 Å². The van der Waals surface area contributed by atoms with Gasteiger partial charge >= 0.3 is 5.97 Å². The molecule has 0 bridgehead atoms. The van der Waals surface area contributed by atoms with Crippen molar-refractivity contribution in [2.24, 2.45) is 5.14 Å². The van der Waals surface area contributed by atoms with Gasteiger partial charge in [0.2, 0.25) is 15.2 Å². The minimum atomic E-state index is -4.09. The summed E-state index contributed by atoms with van der Waals surface area (Å²) in [4.78, 5) is 15.5. The van der Waals surface area contributed by atoms with E-state index in [-0.39, 0.29) is 34.3 Å². The van der Waals surface area contributed by atoms with Crippen molar-refractivity contribution in [2.75, 3.05) is 0 Å². The Morgan fingerprint density at radius 3 is 2.37 bits per heavy atom. The second kappa shape index (κ2) is 10.3. The predicted octanol–water partition coefficient (Wildman–Crippen LogP) is 5.75. The fourth-order valence-electron chi connectivity index (χ4n) is 4.77. The molecule has 5 aromatic rings. The van der Waals surface area contributed by atoms with Crippen LogP contribution < -0.4 is 5.14 Å². The number of aromatic carboxylic acids is 1. The summed E-state index contributed by atoms with van der Waals surface area (Å²) in [5.41, 5.74) is 4.24. The normalized spacial score (nSPS) is 13.4. The molecule has 0 aliphatic heterocycles. The van der Waals surface area contributed by atoms with E-state index in [0.717, 1.165) is 41.5 Å². The quantitative estimate of drug-likeness (QED) is 0.236. The number of sulfonamides is 1. The van der Waals surface area contributed by atoms with Gasteiger partial charge in [-0.1, -0.05) is 36.4 Å². The van der Waals surface area contributed by atoms with Crippen LogP contribution in [0.25, 0.3) is 27.5 Å². The number of rotatable bonds is 8. The van der Waals surface area contributed by atoms with Crippen molar-refractivity contribution in [3.63, 3.8) is 0 Å². The van der Waals surface area contributed by atoms with Crippen LogP contribution in [0.3, 0.4) is 0 Å². The summed E-state index contributed by atoms with van der Waals surface area (Å²) in [6.45, 7) is 0. The lowest BCUT2D eigenvalue weighted by Crippen LogP contribution is -2.12. The number of hydrogen-bond donors (Lipinski definition) is 2. The molecule has 1 saturated carbocycles. The van der Waals surface area contributed by atoms with E-state index in [2.05, 4.69) is 4.98 Å². The van der Waals surface area contributed by atoms with E-state index in [4.69, 9.17) is 10.2 Å². The van der Waals surface area contributed by atoms with Gasteiger partial charge in [-0.05, 0) is 59.9 Å². The van der Waals surface area contributed by atoms with Crippen LogP contribution in [0.4, 0.5) is 8.78 Å². The first kappa shape index (κ1) is 26.9. The van der Waals surface area contributed by atoms with Crippen LogP contribution in [0.2, 0.25) is 0 Å². The zero-order chi connectivity index (χ0) is 28.9. The molecule has 0 atom stereocenters. The number of thiazole rings is 1. The number of benzene rings is 3. The average molecular weight is 593 g/mol. The average Bonchev–Trinajstić information content (AvgIpc) is 3.52. The first-order valence-corrected chi connectivity index (χ1v) is 15.0. The summed E-state index contributed by atoms with van der Waals surface area (Å²) in [7, 11) is -4.09. The number of nitrogens with zero attached hydrogens (tertiary/aromatic N) is 3. The Morgan fingerprint density at radius 2 is 1.73 bits per heavy atom. The summed E-state index contributed by atoms with van der Waals surface area (Å²) in [6.07, 6.45) is 1.86. The van der Waals surface area contributed by atoms with Crippen LogP contribution in [0.1, 0.15) is 46.1 Å². The summed E-state index contributed by atoms with van der Waals surface area (Å²) in [5, 5.41) is 21.3. The molecule has 0 radical (unpaired) electrons. The molecule has 1 aliphatic carbocycles. The SMILES string of the molecule is NS(=O)(=O)c1ccc(Cc2c(C3CC3)nn(-c3nc(C(=O)O)cs3)c2-c2cccc(-c3cccc(F)c3)c2)c(F)c1. The van der Waals surface area contributed by atoms with E-state index in [1.54, 1.807) is 16.8 Å². The minimum absolute atomic E-state index is 0.0826. The zero-order valence-corrected chi connectivity index (χ0v) is 22.9. The Kier molecular flexibility index (Phi) is 6.76. The van der Waals surface area contributed by atoms with Gasteiger partial charge in [0.05, 0.1) is 16.3 Å². The molecule has 0 spiro atoms. The third-order valence-electron chi connectivity index (χ3n) is 6.89. The zero-order valence-electron chi connectivity index (χ0n) is 21.3. The maximum Gasteiger partial charge on any atom is 0.355 e. The van der Waals surface area contributed by atoms with Crippen molar-refractivity contribution in [1.82, 2.24) is 14.8 Å². The highest BCUT2D eigenvalue weighted by Crippen LogP contribution is 2.45. The first-order chi connectivity index (χ1) is 19.6. The smallest absolute Gasteiger partial charge is 0.355 e. The molecule has 1 aliphatic rings. The van der Waals surface area contributed by atoms with E-state index < -0.39 is 21.8 Å². The van der Waals surface area contributed by atoms with E-state index in [1.807, 2.05) is 24.3 Å². The van der Waals surface area contributed by atoms with Crippen LogP contribution >= 0.6 is 11.3 Å². The van der Waals surface area contributed by atoms with E-state index in [1.165, 1.54) is 29.6 Å². The van der Waals surface area contributed by atoms with Gasteiger partial charge in [0, 0.05) is 28.8 Å². The number of primary sulfonamides is 1. The molecule has 3 N–H and O–H groups in total. The molecule has 2 heterocycles. The number of hydrogen-bond acceptors (Lipinski definition) is 6. The molecule has 12 heteroatoms. The predicted molar refractivity (Wildman–Crippen MR) is 150 cm³/mol. The van der Waals surface area contributed by atoms with Crippen LogP contribution in [0, 0.1) is 11.6 Å². The second-order valence-corrected chi connectivity index (χ2v) is 12.2. The Morgan fingerprint density at radius 1 is 1.02 bits per heavy atom. The van der Waals surface area contributed by atoms with E-state index >= 15 is 4.39 Å². The summed E-state index contributed by atoms with van der Waals surface area (Å²) in [5.74, 6) is -2.15. The highest BCUT2D eigenvalue weighted by molar-refractivity contribution is 7.89. The molecule has 3 aromatic carbocycles. The molecule has 0 amide bonds. The molecule has 0 unspecified atom stereocenters. The van der Waals surface area contributed by atoms with Gasteiger partial charge in [0.25, 0.3) is 0 Å². The number of carboxylic acids is 1.